The number of rotatable bonds is 3. The first-order valence-corrected chi connectivity index (χ1v) is 6.74. The van der Waals surface area contributed by atoms with Crippen molar-refractivity contribution in [3.63, 3.8) is 0 Å². The Kier molecular flexibility index (Phi) is 3.55. The quantitative estimate of drug-likeness (QED) is 0.689. The van der Waals surface area contributed by atoms with Crippen molar-refractivity contribution in [3.8, 4) is 0 Å². The van der Waals surface area contributed by atoms with Gasteiger partial charge in [0.05, 0.1) is 17.4 Å². The molecule has 0 aliphatic heterocycles. The van der Waals surface area contributed by atoms with Gasteiger partial charge in [-0.3, -0.25) is 0 Å². The van der Waals surface area contributed by atoms with Crippen LogP contribution >= 0.6 is 0 Å². The lowest BCUT2D eigenvalue weighted by atomic mass is 10.1. The highest BCUT2D eigenvalue weighted by molar-refractivity contribution is 5.91. The average molecular weight is 280 g/mol. The summed E-state index contributed by atoms with van der Waals surface area (Å²) in [5.74, 6) is 0. The van der Waals surface area contributed by atoms with Crippen LogP contribution in [-0.2, 0) is 6.54 Å². The van der Waals surface area contributed by atoms with Crippen LogP contribution in [-0.4, -0.2) is 16.0 Å². The Bertz CT molecular complexity index is 761. The Morgan fingerprint density at radius 2 is 2.00 bits per heavy atom. The van der Waals surface area contributed by atoms with Crippen LogP contribution < -0.4 is 10.6 Å². The van der Waals surface area contributed by atoms with Gasteiger partial charge in [-0.2, -0.15) is 0 Å². The summed E-state index contributed by atoms with van der Waals surface area (Å²) in [5.41, 5.74) is 4.77. The maximum absolute atomic E-state index is 11.9. The lowest BCUT2D eigenvalue weighted by molar-refractivity contribution is 0.251. The number of H-pyrrole nitrogens is 1. The molecule has 3 aromatic rings. The highest BCUT2D eigenvalue weighted by Crippen LogP contribution is 2.15. The fourth-order valence-corrected chi connectivity index (χ4v) is 2.08. The third kappa shape index (κ3) is 3.20. The first-order valence-electron chi connectivity index (χ1n) is 6.74. The van der Waals surface area contributed by atoms with E-state index in [4.69, 9.17) is 0 Å². The molecule has 5 heteroatoms. The SMILES string of the molecule is Cc1ccc(CNC(=O)Nc2ccc3nc[nH]c3c2)cc1. The summed E-state index contributed by atoms with van der Waals surface area (Å²) >= 11 is 0. The third-order valence-corrected chi connectivity index (χ3v) is 3.25. The molecular formula is C16H16N4O. The molecule has 21 heavy (non-hydrogen) atoms. The molecule has 0 saturated carbocycles. The van der Waals surface area contributed by atoms with E-state index in [1.54, 1.807) is 6.33 Å². The number of carbonyl (C=O) groups excluding carboxylic acids is 1. The second-order valence-electron chi connectivity index (χ2n) is 4.93. The topological polar surface area (TPSA) is 69.8 Å². The minimum absolute atomic E-state index is 0.227. The maximum Gasteiger partial charge on any atom is 0.319 e. The number of hydrogen-bond acceptors (Lipinski definition) is 2. The van der Waals surface area contributed by atoms with Gasteiger partial charge >= 0.3 is 6.03 Å². The minimum atomic E-state index is -0.227. The van der Waals surface area contributed by atoms with Crippen LogP contribution in [0.4, 0.5) is 10.5 Å². The largest absolute Gasteiger partial charge is 0.345 e. The van der Waals surface area contributed by atoms with Crippen LogP contribution in [0.3, 0.4) is 0 Å². The van der Waals surface area contributed by atoms with Gasteiger partial charge in [-0.15, -0.1) is 0 Å². The molecule has 0 aliphatic rings. The number of aromatic nitrogens is 2. The Balaban J connectivity index is 1.59. The zero-order valence-electron chi connectivity index (χ0n) is 11.7. The van der Waals surface area contributed by atoms with Crippen molar-refractivity contribution >= 4 is 22.8 Å². The van der Waals surface area contributed by atoms with Crippen LogP contribution in [0.25, 0.3) is 11.0 Å². The lowest BCUT2D eigenvalue weighted by Crippen LogP contribution is -2.28. The maximum atomic E-state index is 11.9. The molecule has 106 valence electrons. The predicted octanol–water partition coefficient (Wildman–Crippen LogP) is 3.19. The van der Waals surface area contributed by atoms with Crippen molar-refractivity contribution in [2.75, 3.05) is 5.32 Å². The molecular weight excluding hydrogens is 264 g/mol. The molecule has 0 radical (unpaired) electrons. The second kappa shape index (κ2) is 5.66. The smallest absolute Gasteiger partial charge is 0.319 e. The molecule has 0 bridgehead atoms. The summed E-state index contributed by atoms with van der Waals surface area (Å²) in [6.45, 7) is 2.54. The van der Waals surface area contributed by atoms with Crippen molar-refractivity contribution < 1.29 is 4.79 Å². The Morgan fingerprint density at radius 1 is 1.19 bits per heavy atom. The van der Waals surface area contributed by atoms with E-state index in [1.807, 2.05) is 49.4 Å². The molecule has 0 unspecified atom stereocenters. The first kappa shape index (κ1) is 13.2. The highest BCUT2D eigenvalue weighted by Gasteiger charge is 2.03. The number of anilines is 1. The zero-order valence-corrected chi connectivity index (χ0v) is 11.7. The average Bonchev–Trinajstić information content (AvgIpc) is 2.94. The van der Waals surface area contributed by atoms with E-state index in [2.05, 4.69) is 20.6 Å². The van der Waals surface area contributed by atoms with E-state index in [9.17, 15) is 4.79 Å². The molecule has 2 amide bonds. The van der Waals surface area contributed by atoms with Gasteiger partial charge in [0.15, 0.2) is 0 Å². The van der Waals surface area contributed by atoms with Crippen molar-refractivity contribution in [3.05, 3.63) is 59.9 Å². The van der Waals surface area contributed by atoms with E-state index in [-0.39, 0.29) is 6.03 Å². The number of aryl methyl sites for hydroxylation is 1. The van der Waals surface area contributed by atoms with Crippen molar-refractivity contribution in [2.45, 2.75) is 13.5 Å². The van der Waals surface area contributed by atoms with E-state index >= 15 is 0 Å². The molecule has 3 rings (SSSR count). The number of fused-ring (bicyclic) bond motifs is 1. The van der Waals surface area contributed by atoms with Gasteiger partial charge in [-0.1, -0.05) is 29.8 Å². The number of aromatic amines is 1. The Morgan fingerprint density at radius 3 is 2.81 bits per heavy atom. The van der Waals surface area contributed by atoms with E-state index < -0.39 is 0 Å². The number of nitrogens with one attached hydrogen (secondary N) is 3. The molecule has 1 aromatic heterocycles. The zero-order chi connectivity index (χ0) is 14.7. The van der Waals surface area contributed by atoms with Crippen molar-refractivity contribution in [1.29, 1.82) is 0 Å². The van der Waals surface area contributed by atoms with Crippen LogP contribution in [0, 0.1) is 6.92 Å². The van der Waals surface area contributed by atoms with Crippen LogP contribution in [0.2, 0.25) is 0 Å². The van der Waals surface area contributed by atoms with Gasteiger partial charge < -0.3 is 15.6 Å². The highest BCUT2D eigenvalue weighted by atomic mass is 16.2. The van der Waals surface area contributed by atoms with Gasteiger partial charge in [0.1, 0.15) is 0 Å². The van der Waals surface area contributed by atoms with E-state index in [0.29, 0.717) is 6.54 Å². The van der Waals surface area contributed by atoms with E-state index in [1.165, 1.54) is 5.56 Å². The molecule has 0 aliphatic carbocycles. The standard InChI is InChI=1S/C16H16N4O/c1-11-2-4-12(5-3-11)9-17-16(21)20-13-6-7-14-15(8-13)19-10-18-14/h2-8,10H,9H2,1H3,(H,18,19)(H2,17,20,21). The van der Waals surface area contributed by atoms with Crippen LogP contribution in [0.15, 0.2) is 48.8 Å². The second-order valence-corrected chi connectivity index (χ2v) is 4.93. The predicted molar refractivity (Wildman–Crippen MR) is 83.1 cm³/mol. The summed E-state index contributed by atoms with van der Waals surface area (Å²) in [5, 5.41) is 5.64. The van der Waals surface area contributed by atoms with Crippen LogP contribution in [0.1, 0.15) is 11.1 Å². The van der Waals surface area contributed by atoms with E-state index in [0.717, 1.165) is 22.3 Å². The fraction of sp³-hybridized carbons (Fsp3) is 0.125. The van der Waals surface area contributed by atoms with Crippen LogP contribution in [0.5, 0.6) is 0 Å². The molecule has 0 saturated heterocycles. The number of amides is 2. The van der Waals surface area contributed by atoms with Crippen molar-refractivity contribution in [1.82, 2.24) is 15.3 Å². The van der Waals surface area contributed by atoms with Gasteiger partial charge in [0, 0.05) is 12.2 Å². The minimum Gasteiger partial charge on any atom is -0.345 e. The number of imidazole rings is 1. The molecule has 0 fully saturated rings. The normalized spacial score (nSPS) is 10.5. The van der Waals surface area contributed by atoms with Gasteiger partial charge in [-0.05, 0) is 30.7 Å². The molecule has 5 nitrogen and oxygen atoms in total. The Hall–Kier alpha value is -2.82. The van der Waals surface area contributed by atoms with Gasteiger partial charge in [-0.25, -0.2) is 9.78 Å². The summed E-state index contributed by atoms with van der Waals surface area (Å²) in [4.78, 5) is 19.0. The number of benzene rings is 2. The summed E-state index contributed by atoms with van der Waals surface area (Å²) in [7, 11) is 0. The lowest BCUT2D eigenvalue weighted by Gasteiger charge is -2.08. The summed E-state index contributed by atoms with van der Waals surface area (Å²) in [6, 6.07) is 13.4. The molecule has 0 atom stereocenters. The Labute approximate surface area is 122 Å². The fourth-order valence-electron chi connectivity index (χ4n) is 2.08. The summed E-state index contributed by atoms with van der Waals surface area (Å²) in [6.07, 6.45) is 1.63. The molecule has 2 aromatic carbocycles. The molecule has 3 N–H and O–H groups in total. The molecule has 0 spiro atoms. The monoisotopic (exact) mass is 280 g/mol. The number of nitrogens with zero attached hydrogens (tertiary/aromatic N) is 1. The number of hydrogen-bond donors (Lipinski definition) is 3. The number of carbonyl (C=O) groups is 1. The van der Waals surface area contributed by atoms with Gasteiger partial charge in [0.25, 0.3) is 0 Å². The van der Waals surface area contributed by atoms with Gasteiger partial charge in [0.2, 0.25) is 0 Å². The molecule has 1 heterocycles. The van der Waals surface area contributed by atoms with Crippen molar-refractivity contribution in [2.24, 2.45) is 0 Å². The third-order valence-electron chi connectivity index (χ3n) is 3.25. The summed E-state index contributed by atoms with van der Waals surface area (Å²) < 4.78 is 0. The number of urea groups is 1. The first-order chi connectivity index (χ1) is 10.2.